The number of ether oxygens (including phenoxy) is 3. The second kappa shape index (κ2) is 8.20. The molecule has 2 aliphatic rings. The van der Waals surface area contributed by atoms with E-state index in [2.05, 4.69) is 27.0 Å². The molecule has 0 saturated carbocycles. The maximum atomic E-state index is 9.00. The lowest BCUT2D eigenvalue weighted by Crippen LogP contribution is -2.45. The molecule has 2 aliphatic heterocycles. The molecule has 0 amide bonds. The third-order valence-electron chi connectivity index (χ3n) is 4.78. The van der Waals surface area contributed by atoms with Gasteiger partial charge in [-0.1, -0.05) is 11.3 Å². The van der Waals surface area contributed by atoms with Crippen LogP contribution < -0.4 is 10.6 Å². The summed E-state index contributed by atoms with van der Waals surface area (Å²) >= 11 is 5.41. The summed E-state index contributed by atoms with van der Waals surface area (Å²) in [6.45, 7) is 1.39. The number of benzene rings is 1. The Morgan fingerprint density at radius 3 is 3.07 bits per heavy atom. The molecule has 1 aromatic heterocycles. The number of rotatable bonds is 5. The molecule has 4 atom stereocenters. The molecular formula is C18H20N6O3S. The number of fused-ring (bicyclic) bond motifs is 1. The standard InChI is InChI=1S/C18H20N6O3S/c1-25-8-13-7-24(23-22-13)15-10-27-16-14(9-26-17(15)16)21-18(28)20-12-4-2-3-11(5-12)6-19/h2-5,7,14-17H,8-10H2,1H3,(H2,20,21,28)/t14-,15+,16-,17+/m0/s1. The minimum absolute atomic E-state index is 0.0382. The van der Waals surface area contributed by atoms with Crippen LogP contribution in [0, 0.1) is 11.3 Å². The highest BCUT2D eigenvalue weighted by molar-refractivity contribution is 7.80. The van der Waals surface area contributed by atoms with Crippen LogP contribution in [0.2, 0.25) is 0 Å². The van der Waals surface area contributed by atoms with E-state index in [0.717, 1.165) is 11.4 Å². The zero-order chi connectivity index (χ0) is 19.5. The first-order valence-corrected chi connectivity index (χ1v) is 9.29. The highest BCUT2D eigenvalue weighted by Gasteiger charge is 2.49. The molecule has 10 heteroatoms. The van der Waals surface area contributed by atoms with Gasteiger partial charge in [-0.2, -0.15) is 5.26 Å². The van der Waals surface area contributed by atoms with Gasteiger partial charge in [0.05, 0.1) is 43.7 Å². The number of hydrogen-bond acceptors (Lipinski definition) is 7. The molecule has 28 heavy (non-hydrogen) atoms. The highest BCUT2D eigenvalue weighted by atomic mass is 32.1. The summed E-state index contributed by atoms with van der Waals surface area (Å²) in [5, 5.41) is 24.1. The summed E-state index contributed by atoms with van der Waals surface area (Å²) in [5.41, 5.74) is 2.09. The first kappa shape index (κ1) is 18.8. The summed E-state index contributed by atoms with van der Waals surface area (Å²) in [5.74, 6) is 0. The molecular weight excluding hydrogens is 380 g/mol. The van der Waals surface area contributed by atoms with Gasteiger partial charge in [0, 0.05) is 12.8 Å². The quantitative estimate of drug-likeness (QED) is 0.711. The first-order valence-electron chi connectivity index (χ1n) is 8.88. The van der Waals surface area contributed by atoms with Gasteiger partial charge in [-0.15, -0.1) is 5.10 Å². The summed E-state index contributed by atoms with van der Waals surface area (Å²) < 4.78 is 18.8. The van der Waals surface area contributed by atoms with Crippen molar-refractivity contribution < 1.29 is 14.2 Å². The molecule has 4 rings (SSSR count). The number of aromatic nitrogens is 3. The number of nitriles is 1. The average molecular weight is 400 g/mol. The molecule has 0 aliphatic carbocycles. The molecule has 0 bridgehead atoms. The van der Waals surface area contributed by atoms with Gasteiger partial charge in [0.15, 0.2) is 5.11 Å². The third kappa shape index (κ3) is 3.83. The van der Waals surface area contributed by atoms with E-state index < -0.39 is 0 Å². The van der Waals surface area contributed by atoms with Crippen molar-refractivity contribution in [3.63, 3.8) is 0 Å². The third-order valence-corrected chi connectivity index (χ3v) is 5.00. The van der Waals surface area contributed by atoms with Gasteiger partial charge in [-0.05, 0) is 30.4 Å². The number of hydrogen-bond donors (Lipinski definition) is 2. The Kier molecular flexibility index (Phi) is 5.50. The lowest BCUT2D eigenvalue weighted by Gasteiger charge is -2.20. The summed E-state index contributed by atoms with van der Waals surface area (Å²) in [7, 11) is 1.62. The average Bonchev–Trinajstić information content (AvgIpc) is 3.40. The normalized spacial score (nSPS) is 25.9. The number of methoxy groups -OCH3 is 1. The van der Waals surface area contributed by atoms with Crippen molar-refractivity contribution >= 4 is 23.0 Å². The van der Waals surface area contributed by atoms with E-state index in [4.69, 9.17) is 31.7 Å². The Balaban J connectivity index is 1.36. The van der Waals surface area contributed by atoms with Crippen LogP contribution in [0.15, 0.2) is 30.5 Å². The molecule has 0 spiro atoms. The first-order chi connectivity index (χ1) is 13.7. The molecule has 3 heterocycles. The highest BCUT2D eigenvalue weighted by Crippen LogP contribution is 2.34. The van der Waals surface area contributed by atoms with Crippen LogP contribution in [0.5, 0.6) is 0 Å². The number of nitrogens with zero attached hydrogens (tertiary/aromatic N) is 4. The molecule has 2 N–H and O–H groups in total. The Bertz CT molecular complexity index is 897. The van der Waals surface area contributed by atoms with Crippen molar-refractivity contribution in [2.45, 2.75) is 30.9 Å². The maximum absolute atomic E-state index is 9.00. The zero-order valence-electron chi connectivity index (χ0n) is 15.2. The van der Waals surface area contributed by atoms with Crippen molar-refractivity contribution in [1.82, 2.24) is 20.3 Å². The maximum Gasteiger partial charge on any atom is 0.171 e. The van der Waals surface area contributed by atoms with Gasteiger partial charge in [0.1, 0.15) is 23.9 Å². The Labute approximate surface area is 167 Å². The van der Waals surface area contributed by atoms with E-state index in [1.165, 1.54) is 0 Å². The summed E-state index contributed by atoms with van der Waals surface area (Å²) in [6, 6.07) is 9.14. The Morgan fingerprint density at radius 1 is 1.39 bits per heavy atom. The van der Waals surface area contributed by atoms with E-state index in [1.54, 1.807) is 30.0 Å². The molecule has 0 unspecified atom stereocenters. The molecule has 2 aromatic rings. The minimum atomic E-state index is -0.134. The molecule has 1 aromatic carbocycles. The Hall–Kier alpha value is -2.58. The fraction of sp³-hybridized carbons (Fsp3) is 0.444. The zero-order valence-corrected chi connectivity index (χ0v) is 16.1. The predicted molar refractivity (Wildman–Crippen MR) is 104 cm³/mol. The largest absolute Gasteiger partial charge is 0.378 e. The molecule has 9 nitrogen and oxygen atoms in total. The smallest absolute Gasteiger partial charge is 0.171 e. The summed E-state index contributed by atoms with van der Waals surface area (Å²) in [4.78, 5) is 0. The van der Waals surface area contributed by atoms with Crippen LogP contribution in [-0.4, -0.2) is 58.7 Å². The van der Waals surface area contributed by atoms with Gasteiger partial charge in [0.2, 0.25) is 0 Å². The van der Waals surface area contributed by atoms with Crippen LogP contribution in [0.3, 0.4) is 0 Å². The number of anilines is 1. The summed E-state index contributed by atoms with van der Waals surface area (Å²) in [6.07, 6.45) is 1.60. The van der Waals surface area contributed by atoms with Gasteiger partial charge >= 0.3 is 0 Å². The van der Waals surface area contributed by atoms with Gasteiger partial charge in [-0.3, -0.25) is 0 Å². The van der Waals surface area contributed by atoms with Crippen molar-refractivity contribution in [2.75, 3.05) is 25.6 Å². The fourth-order valence-electron chi connectivity index (χ4n) is 3.52. The second-order valence-corrected chi connectivity index (χ2v) is 7.09. The van der Waals surface area contributed by atoms with Gasteiger partial charge < -0.3 is 24.8 Å². The van der Waals surface area contributed by atoms with Crippen LogP contribution in [0.25, 0.3) is 0 Å². The minimum Gasteiger partial charge on any atom is -0.378 e. The van der Waals surface area contributed by atoms with E-state index in [9.17, 15) is 0 Å². The fourth-order valence-corrected chi connectivity index (χ4v) is 3.79. The van der Waals surface area contributed by atoms with Crippen molar-refractivity contribution in [1.29, 1.82) is 5.26 Å². The topological polar surface area (TPSA) is 106 Å². The molecule has 2 fully saturated rings. The Morgan fingerprint density at radius 2 is 2.25 bits per heavy atom. The number of nitrogens with one attached hydrogen (secondary N) is 2. The lowest BCUT2D eigenvalue weighted by molar-refractivity contribution is 0.0624. The lowest BCUT2D eigenvalue weighted by atomic mass is 10.1. The van der Waals surface area contributed by atoms with Crippen molar-refractivity contribution in [3.05, 3.63) is 41.7 Å². The monoisotopic (exact) mass is 400 g/mol. The van der Waals surface area contributed by atoms with Crippen LogP contribution in [-0.2, 0) is 20.8 Å². The van der Waals surface area contributed by atoms with E-state index in [1.807, 2.05) is 12.3 Å². The molecule has 146 valence electrons. The SMILES string of the molecule is COCc1cn([C@@H]2CO[C@@H]3[C@@H]2OC[C@@H]3NC(=S)Nc2cccc(C#N)c2)nn1. The van der Waals surface area contributed by atoms with Gasteiger partial charge in [0.25, 0.3) is 0 Å². The predicted octanol–water partition coefficient (Wildman–Crippen LogP) is 0.990. The van der Waals surface area contributed by atoms with Crippen molar-refractivity contribution in [3.8, 4) is 6.07 Å². The van der Waals surface area contributed by atoms with Crippen LogP contribution in [0.4, 0.5) is 5.69 Å². The van der Waals surface area contributed by atoms with Gasteiger partial charge in [-0.25, -0.2) is 4.68 Å². The van der Waals surface area contributed by atoms with Crippen LogP contribution in [0.1, 0.15) is 17.3 Å². The van der Waals surface area contributed by atoms with Crippen LogP contribution >= 0.6 is 12.2 Å². The number of thiocarbonyl (C=S) groups is 1. The second-order valence-electron chi connectivity index (χ2n) is 6.68. The molecule has 0 radical (unpaired) electrons. The van der Waals surface area contributed by atoms with Crippen molar-refractivity contribution in [2.24, 2.45) is 0 Å². The molecule has 2 saturated heterocycles. The van der Waals surface area contributed by atoms with E-state index in [-0.39, 0.29) is 24.3 Å². The van der Waals surface area contributed by atoms with E-state index in [0.29, 0.717) is 30.5 Å². The van der Waals surface area contributed by atoms with E-state index >= 15 is 0 Å².